The number of nitrogens with one attached hydrogen (secondary N) is 1. The maximum atomic E-state index is 14.1. The number of aldehydes is 1. The van der Waals surface area contributed by atoms with E-state index in [1.165, 1.54) is 17.4 Å². The molecule has 1 aromatic carbocycles. The number of ether oxygens (including phenoxy) is 1. The Labute approximate surface area is 184 Å². The molecule has 0 spiro atoms. The molecule has 0 bridgehead atoms. The maximum absolute atomic E-state index is 14.1. The van der Waals surface area contributed by atoms with Gasteiger partial charge in [-0.1, -0.05) is 17.7 Å². The number of rotatable bonds is 7. The summed E-state index contributed by atoms with van der Waals surface area (Å²) < 4.78 is 20.0. The quantitative estimate of drug-likeness (QED) is 0.527. The number of carbonyl (C=O) groups excluding carboxylic acids is 1. The van der Waals surface area contributed by atoms with E-state index >= 15 is 0 Å². The summed E-state index contributed by atoms with van der Waals surface area (Å²) in [6, 6.07) is 4.76. The lowest BCUT2D eigenvalue weighted by molar-refractivity contribution is -0.118. The summed E-state index contributed by atoms with van der Waals surface area (Å²) in [5, 5.41) is 6.00. The summed E-state index contributed by atoms with van der Waals surface area (Å²) in [6.07, 6.45) is 9.93. The van der Waals surface area contributed by atoms with E-state index in [1.807, 2.05) is 5.38 Å². The molecule has 5 nitrogen and oxygen atoms in total. The number of aromatic nitrogens is 1. The Kier molecular flexibility index (Phi) is 6.49. The van der Waals surface area contributed by atoms with Crippen molar-refractivity contribution in [2.24, 2.45) is 10.4 Å². The molecular weight excluding hydrogens is 425 g/mol. The topological polar surface area (TPSA) is 63.6 Å². The number of nitrogens with zero attached hydrogens (tertiary/aromatic N) is 2. The van der Waals surface area contributed by atoms with Crippen LogP contribution in [0, 0.1) is 11.2 Å². The number of halogens is 2. The van der Waals surface area contributed by atoms with E-state index < -0.39 is 11.2 Å². The Morgan fingerprint density at radius 1 is 1.37 bits per heavy atom. The molecule has 30 heavy (non-hydrogen) atoms. The Morgan fingerprint density at radius 2 is 2.20 bits per heavy atom. The molecule has 2 aromatic rings. The summed E-state index contributed by atoms with van der Waals surface area (Å²) in [4.78, 5) is 21.0. The van der Waals surface area contributed by atoms with Crippen LogP contribution in [0.5, 0.6) is 5.75 Å². The largest absolute Gasteiger partial charge is 0.487 e. The van der Waals surface area contributed by atoms with Crippen molar-refractivity contribution in [3.8, 4) is 5.75 Å². The fraction of sp³-hybridized carbons (Fsp3) is 0.409. The van der Waals surface area contributed by atoms with Gasteiger partial charge in [-0.3, -0.25) is 0 Å². The molecule has 1 aliphatic carbocycles. The van der Waals surface area contributed by atoms with Crippen LogP contribution in [0.1, 0.15) is 44.9 Å². The molecular formula is C22H23ClFN3O2S. The zero-order chi connectivity index (χ0) is 21.0. The number of hydrogen-bond donors (Lipinski definition) is 1. The van der Waals surface area contributed by atoms with Gasteiger partial charge in [0, 0.05) is 22.7 Å². The second-order valence-corrected chi connectivity index (χ2v) is 9.10. The highest BCUT2D eigenvalue weighted by Gasteiger charge is 2.37. The monoisotopic (exact) mass is 447 g/mol. The SMILES string of the molecule is O=CC1(CC2=NC(Nc3nccs3)=CCC2)CCC(Oc2cccc(Cl)c2F)CC1. The number of anilines is 1. The summed E-state index contributed by atoms with van der Waals surface area (Å²) in [5.74, 6) is 0.432. The van der Waals surface area contributed by atoms with Gasteiger partial charge < -0.3 is 14.8 Å². The predicted molar refractivity (Wildman–Crippen MR) is 118 cm³/mol. The summed E-state index contributed by atoms with van der Waals surface area (Å²) in [6.45, 7) is 0. The highest BCUT2D eigenvalue weighted by atomic mass is 35.5. The number of benzene rings is 1. The average molecular weight is 448 g/mol. The summed E-state index contributed by atoms with van der Waals surface area (Å²) in [7, 11) is 0. The molecule has 1 saturated carbocycles. The molecule has 0 radical (unpaired) electrons. The van der Waals surface area contributed by atoms with Crippen LogP contribution in [0.4, 0.5) is 9.52 Å². The molecule has 0 atom stereocenters. The van der Waals surface area contributed by atoms with E-state index in [-0.39, 0.29) is 16.9 Å². The predicted octanol–water partition coefficient (Wildman–Crippen LogP) is 6.02. The number of allylic oxidation sites excluding steroid dienone is 1. The highest BCUT2D eigenvalue weighted by Crippen LogP contribution is 2.40. The molecule has 158 valence electrons. The average Bonchev–Trinajstić information content (AvgIpc) is 3.26. The number of thiazole rings is 1. The van der Waals surface area contributed by atoms with E-state index in [1.54, 1.807) is 18.3 Å². The molecule has 0 saturated heterocycles. The van der Waals surface area contributed by atoms with Crippen LogP contribution in [-0.4, -0.2) is 23.1 Å². The first-order valence-electron chi connectivity index (χ1n) is 10.1. The van der Waals surface area contributed by atoms with Crippen molar-refractivity contribution in [1.82, 2.24) is 4.98 Å². The van der Waals surface area contributed by atoms with Crippen LogP contribution in [-0.2, 0) is 4.79 Å². The molecule has 1 aromatic heterocycles. The van der Waals surface area contributed by atoms with Crippen LogP contribution in [0.25, 0.3) is 0 Å². The third-order valence-corrected chi connectivity index (χ3v) is 6.64. The van der Waals surface area contributed by atoms with Gasteiger partial charge >= 0.3 is 0 Å². The van der Waals surface area contributed by atoms with E-state index in [9.17, 15) is 9.18 Å². The van der Waals surface area contributed by atoms with Gasteiger partial charge in [0.1, 0.15) is 12.1 Å². The van der Waals surface area contributed by atoms with Crippen molar-refractivity contribution in [1.29, 1.82) is 0 Å². The molecule has 2 heterocycles. The minimum absolute atomic E-state index is 0.0519. The van der Waals surface area contributed by atoms with Crippen LogP contribution in [0.15, 0.2) is 46.7 Å². The van der Waals surface area contributed by atoms with Crippen molar-refractivity contribution in [3.63, 3.8) is 0 Å². The lowest BCUT2D eigenvalue weighted by Gasteiger charge is -2.36. The third kappa shape index (κ3) is 4.90. The van der Waals surface area contributed by atoms with E-state index in [0.717, 1.165) is 35.8 Å². The van der Waals surface area contributed by atoms with Crippen LogP contribution in [0.3, 0.4) is 0 Å². The molecule has 0 unspecified atom stereocenters. The third-order valence-electron chi connectivity index (χ3n) is 5.66. The van der Waals surface area contributed by atoms with Crippen molar-refractivity contribution in [3.05, 3.63) is 52.5 Å². The van der Waals surface area contributed by atoms with E-state index in [2.05, 4.69) is 16.4 Å². The molecule has 4 rings (SSSR count). The van der Waals surface area contributed by atoms with Crippen molar-refractivity contribution >= 4 is 40.1 Å². The minimum Gasteiger partial charge on any atom is -0.487 e. The Balaban J connectivity index is 1.37. The van der Waals surface area contributed by atoms with E-state index in [0.29, 0.717) is 32.1 Å². The zero-order valence-electron chi connectivity index (χ0n) is 16.4. The molecule has 1 aliphatic heterocycles. The highest BCUT2D eigenvalue weighted by molar-refractivity contribution is 7.13. The molecule has 1 fully saturated rings. The summed E-state index contributed by atoms with van der Waals surface area (Å²) in [5.41, 5.74) is 0.596. The Bertz CT molecular complexity index is 953. The van der Waals surface area contributed by atoms with Crippen molar-refractivity contribution < 1.29 is 13.9 Å². The van der Waals surface area contributed by atoms with Gasteiger partial charge in [-0.25, -0.2) is 14.4 Å². The smallest absolute Gasteiger partial charge is 0.188 e. The second kappa shape index (κ2) is 9.27. The van der Waals surface area contributed by atoms with Crippen LogP contribution in [0.2, 0.25) is 5.02 Å². The normalized spacial score (nSPS) is 24.0. The fourth-order valence-corrected chi connectivity index (χ4v) is 4.73. The fourth-order valence-electron chi connectivity index (χ4n) is 4.03. The van der Waals surface area contributed by atoms with Crippen molar-refractivity contribution in [2.75, 3.05) is 5.32 Å². The van der Waals surface area contributed by atoms with Gasteiger partial charge in [0.25, 0.3) is 0 Å². The number of aliphatic imine (C=N–C) groups is 1. The van der Waals surface area contributed by atoms with E-state index in [4.69, 9.17) is 21.3 Å². The minimum atomic E-state index is -0.532. The number of hydrogen-bond acceptors (Lipinski definition) is 6. The maximum Gasteiger partial charge on any atom is 0.188 e. The number of carbonyl (C=O) groups is 1. The van der Waals surface area contributed by atoms with Crippen LogP contribution >= 0.6 is 22.9 Å². The molecule has 8 heteroatoms. The van der Waals surface area contributed by atoms with Gasteiger partial charge in [0.2, 0.25) is 0 Å². The van der Waals surface area contributed by atoms with Crippen molar-refractivity contribution in [2.45, 2.75) is 51.0 Å². The molecule has 1 N–H and O–H groups in total. The standard InChI is InChI=1S/C22H23ClFN3O2S/c23-17-4-2-5-18(20(17)24)29-16-7-9-22(14-28,10-8-16)13-15-3-1-6-19(26-15)27-21-25-11-12-30-21/h2,4-6,11-12,14,16H,1,3,7-10,13H2,(H,25,27). The molecule has 0 amide bonds. The van der Waals surface area contributed by atoms with Gasteiger partial charge in [-0.05, 0) is 63.2 Å². The first-order valence-corrected chi connectivity index (χ1v) is 11.3. The molecule has 2 aliphatic rings. The lowest BCUT2D eigenvalue weighted by atomic mass is 9.70. The van der Waals surface area contributed by atoms with Gasteiger partial charge in [-0.2, -0.15) is 0 Å². The van der Waals surface area contributed by atoms with Gasteiger partial charge in [-0.15, -0.1) is 11.3 Å². The summed E-state index contributed by atoms with van der Waals surface area (Å²) >= 11 is 7.36. The van der Waals surface area contributed by atoms with Gasteiger partial charge in [0.15, 0.2) is 16.7 Å². The second-order valence-electron chi connectivity index (χ2n) is 7.79. The Hall–Kier alpha value is -2.25. The Morgan fingerprint density at radius 3 is 2.93 bits per heavy atom. The first kappa shape index (κ1) is 21.0. The zero-order valence-corrected chi connectivity index (χ0v) is 18.0. The first-order chi connectivity index (χ1) is 14.6. The van der Waals surface area contributed by atoms with Gasteiger partial charge in [0.05, 0.1) is 11.1 Å². The lowest BCUT2D eigenvalue weighted by Crippen LogP contribution is -2.35. The van der Waals surface area contributed by atoms with Crippen LogP contribution < -0.4 is 10.1 Å².